The maximum atomic E-state index is 11.8. The number of hydrogen-bond donors (Lipinski definition) is 0. The van der Waals surface area contributed by atoms with Crippen LogP contribution in [0.3, 0.4) is 0 Å². The fourth-order valence-electron chi connectivity index (χ4n) is 1.62. The van der Waals surface area contributed by atoms with Gasteiger partial charge < -0.3 is 4.84 Å². The molecule has 2 rings (SSSR count). The highest BCUT2D eigenvalue weighted by Gasteiger charge is 2.11. The van der Waals surface area contributed by atoms with Crippen molar-refractivity contribution in [2.75, 3.05) is 14.1 Å². The molecule has 0 aliphatic rings. The SMILES string of the molecule is CN(C)OC(=O)c1cccc2ccccc12. The zero-order chi connectivity index (χ0) is 11.5. The van der Waals surface area contributed by atoms with E-state index in [1.807, 2.05) is 36.4 Å². The zero-order valence-electron chi connectivity index (χ0n) is 9.31. The zero-order valence-corrected chi connectivity index (χ0v) is 9.31. The van der Waals surface area contributed by atoms with Gasteiger partial charge in [0.15, 0.2) is 0 Å². The van der Waals surface area contributed by atoms with Crippen molar-refractivity contribution in [3.63, 3.8) is 0 Å². The molecule has 82 valence electrons. The van der Waals surface area contributed by atoms with Crippen molar-refractivity contribution in [2.45, 2.75) is 0 Å². The largest absolute Gasteiger partial charge is 0.364 e. The van der Waals surface area contributed by atoms with E-state index in [1.54, 1.807) is 20.2 Å². The Hall–Kier alpha value is -1.87. The van der Waals surface area contributed by atoms with Crippen LogP contribution in [0.15, 0.2) is 42.5 Å². The smallest absolute Gasteiger partial charge is 0.357 e. The summed E-state index contributed by atoms with van der Waals surface area (Å²) in [6.45, 7) is 0. The monoisotopic (exact) mass is 215 g/mol. The third kappa shape index (κ3) is 2.04. The Morgan fingerprint density at radius 3 is 2.50 bits per heavy atom. The minimum atomic E-state index is -0.332. The molecule has 3 nitrogen and oxygen atoms in total. The summed E-state index contributed by atoms with van der Waals surface area (Å²) in [6.07, 6.45) is 0. The van der Waals surface area contributed by atoms with E-state index in [0.717, 1.165) is 10.8 Å². The fraction of sp³-hybridized carbons (Fsp3) is 0.154. The van der Waals surface area contributed by atoms with Gasteiger partial charge in [-0.1, -0.05) is 36.4 Å². The first-order valence-corrected chi connectivity index (χ1v) is 5.06. The van der Waals surface area contributed by atoms with Crippen LogP contribution in [0.5, 0.6) is 0 Å². The van der Waals surface area contributed by atoms with Crippen LogP contribution >= 0.6 is 0 Å². The lowest BCUT2D eigenvalue weighted by atomic mass is 10.1. The molecule has 0 unspecified atom stereocenters. The summed E-state index contributed by atoms with van der Waals surface area (Å²) in [6, 6.07) is 13.4. The van der Waals surface area contributed by atoms with Crippen LogP contribution in [-0.4, -0.2) is 25.1 Å². The molecule has 2 aromatic rings. The van der Waals surface area contributed by atoms with Gasteiger partial charge in [0.2, 0.25) is 0 Å². The lowest BCUT2D eigenvalue weighted by molar-refractivity contribution is -0.0711. The van der Waals surface area contributed by atoms with Gasteiger partial charge in [-0.25, -0.2) is 4.79 Å². The molecular formula is C13H13NO2. The van der Waals surface area contributed by atoms with E-state index in [1.165, 1.54) is 5.06 Å². The van der Waals surface area contributed by atoms with Gasteiger partial charge >= 0.3 is 5.97 Å². The maximum absolute atomic E-state index is 11.8. The lowest BCUT2D eigenvalue weighted by Crippen LogP contribution is -2.18. The summed E-state index contributed by atoms with van der Waals surface area (Å²) in [4.78, 5) is 16.8. The molecule has 3 heteroatoms. The number of hydroxylamine groups is 2. The number of hydrogen-bond acceptors (Lipinski definition) is 3. The van der Waals surface area contributed by atoms with Crippen molar-refractivity contribution < 1.29 is 9.63 Å². The number of carbonyl (C=O) groups excluding carboxylic acids is 1. The predicted octanol–water partition coefficient (Wildman–Crippen LogP) is 2.47. The number of nitrogens with zero attached hydrogens (tertiary/aromatic N) is 1. The van der Waals surface area contributed by atoms with Crippen molar-refractivity contribution >= 4 is 16.7 Å². The number of fused-ring (bicyclic) bond motifs is 1. The van der Waals surface area contributed by atoms with Crippen LogP contribution < -0.4 is 0 Å². The first-order valence-electron chi connectivity index (χ1n) is 5.06. The summed E-state index contributed by atoms with van der Waals surface area (Å²) in [5, 5.41) is 3.34. The molecule has 16 heavy (non-hydrogen) atoms. The summed E-state index contributed by atoms with van der Waals surface area (Å²) >= 11 is 0. The van der Waals surface area contributed by atoms with Gasteiger partial charge in [-0.2, -0.15) is 0 Å². The van der Waals surface area contributed by atoms with Crippen LogP contribution in [0.1, 0.15) is 10.4 Å². The molecular weight excluding hydrogens is 202 g/mol. The van der Waals surface area contributed by atoms with Gasteiger partial charge in [-0.3, -0.25) is 0 Å². The Kier molecular flexibility index (Phi) is 2.88. The summed E-state index contributed by atoms with van der Waals surface area (Å²) in [7, 11) is 3.37. The molecule has 0 fully saturated rings. The van der Waals surface area contributed by atoms with Crippen molar-refractivity contribution in [1.82, 2.24) is 5.06 Å². The molecule has 0 aliphatic heterocycles. The number of carbonyl (C=O) groups is 1. The number of benzene rings is 2. The quantitative estimate of drug-likeness (QED) is 0.721. The van der Waals surface area contributed by atoms with Crippen molar-refractivity contribution in [1.29, 1.82) is 0 Å². The van der Waals surface area contributed by atoms with E-state index in [4.69, 9.17) is 4.84 Å². The molecule has 0 saturated carbocycles. The second kappa shape index (κ2) is 4.33. The molecule has 0 atom stereocenters. The highest BCUT2D eigenvalue weighted by molar-refractivity contribution is 6.04. The van der Waals surface area contributed by atoms with Gasteiger partial charge in [0.25, 0.3) is 0 Å². The van der Waals surface area contributed by atoms with E-state index < -0.39 is 0 Å². The Morgan fingerprint density at radius 2 is 1.75 bits per heavy atom. The van der Waals surface area contributed by atoms with Gasteiger partial charge in [0.1, 0.15) is 0 Å². The molecule has 0 heterocycles. The highest BCUT2D eigenvalue weighted by Crippen LogP contribution is 2.19. The molecule has 0 N–H and O–H groups in total. The molecule has 0 spiro atoms. The Morgan fingerprint density at radius 1 is 1.06 bits per heavy atom. The third-order valence-electron chi connectivity index (χ3n) is 2.28. The van der Waals surface area contributed by atoms with Crippen molar-refractivity contribution in [3.05, 3.63) is 48.0 Å². The molecule has 0 aromatic heterocycles. The lowest BCUT2D eigenvalue weighted by Gasteiger charge is -2.11. The molecule has 0 aliphatic carbocycles. The van der Waals surface area contributed by atoms with Crippen LogP contribution in [0.4, 0.5) is 0 Å². The van der Waals surface area contributed by atoms with Gasteiger partial charge in [-0.05, 0) is 16.8 Å². The Balaban J connectivity index is 2.48. The van der Waals surface area contributed by atoms with Gasteiger partial charge in [0, 0.05) is 14.1 Å². The first-order chi connectivity index (χ1) is 7.68. The van der Waals surface area contributed by atoms with Crippen LogP contribution in [0.25, 0.3) is 10.8 Å². The minimum absolute atomic E-state index is 0.332. The number of rotatable bonds is 2. The first kappa shape index (κ1) is 10.6. The molecule has 0 amide bonds. The molecule has 2 aromatic carbocycles. The van der Waals surface area contributed by atoms with E-state index in [0.29, 0.717) is 5.56 Å². The highest BCUT2D eigenvalue weighted by atomic mass is 16.7. The predicted molar refractivity (Wildman–Crippen MR) is 63.1 cm³/mol. The fourth-order valence-corrected chi connectivity index (χ4v) is 1.62. The second-order valence-electron chi connectivity index (χ2n) is 3.72. The Bertz CT molecular complexity index is 515. The van der Waals surface area contributed by atoms with Crippen molar-refractivity contribution in [2.24, 2.45) is 0 Å². The molecule has 0 saturated heterocycles. The van der Waals surface area contributed by atoms with Gasteiger partial charge in [0.05, 0.1) is 5.56 Å². The summed E-state index contributed by atoms with van der Waals surface area (Å²) in [5.41, 5.74) is 0.590. The summed E-state index contributed by atoms with van der Waals surface area (Å²) in [5.74, 6) is -0.332. The average molecular weight is 215 g/mol. The average Bonchev–Trinajstić information content (AvgIpc) is 2.27. The summed E-state index contributed by atoms with van der Waals surface area (Å²) < 4.78 is 0. The van der Waals surface area contributed by atoms with Gasteiger partial charge in [-0.15, -0.1) is 5.06 Å². The normalized spacial score (nSPS) is 10.7. The molecule has 0 radical (unpaired) electrons. The third-order valence-corrected chi connectivity index (χ3v) is 2.28. The van der Waals surface area contributed by atoms with Crippen molar-refractivity contribution in [3.8, 4) is 0 Å². The van der Waals surface area contributed by atoms with Crippen LogP contribution in [0, 0.1) is 0 Å². The standard InChI is InChI=1S/C13H13NO2/c1-14(2)16-13(15)12-9-5-7-10-6-3-4-8-11(10)12/h3-9H,1-2H3. The second-order valence-corrected chi connectivity index (χ2v) is 3.72. The minimum Gasteiger partial charge on any atom is -0.364 e. The maximum Gasteiger partial charge on any atom is 0.357 e. The van der Waals surface area contributed by atoms with E-state index in [-0.39, 0.29) is 5.97 Å². The van der Waals surface area contributed by atoms with Crippen LogP contribution in [-0.2, 0) is 4.84 Å². The van der Waals surface area contributed by atoms with E-state index in [9.17, 15) is 4.79 Å². The van der Waals surface area contributed by atoms with E-state index >= 15 is 0 Å². The van der Waals surface area contributed by atoms with E-state index in [2.05, 4.69) is 0 Å². The Labute approximate surface area is 94.2 Å². The molecule has 0 bridgehead atoms. The topological polar surface area (TPSA) is 29.5 Å². The van der Waals surface area contributed by atoms with Crippen LogP contribution in [0.2, 0.25) is 0 Å².